The monoisotopic (exact) mass is 221 g/mol. The molecule has 1 aliphatic rings. The SMILES string of the molecule is CC(=O)N[C@H]1CC=C(Br)S1. The first-order chi connectivity index (χ1) is 4.68. The van der Waals surface area contributed by atoms with Gasteiger partial charge in [-0.05, 0) is 22.4 Å². The van der Waals surface area contributed by atoms with Crippen molar-refractivity contribution in [2.24, 2.45) is 0 Å². The Bertz CT molecular complexity index is 181. The maximum atomic E-state index is 10.5. The molecule has 0 aliphatic carbocycles. The van der Waals surface area contributed by atoms with E-state index < -0.39 is 0 Å². The van der Waals surface area contributed by atoms with E-state index in [1.54, 1.807) is 11.8 Å². The minimum absolute atomic E-state index is 0.0353. The fourth-order valence-corrected chi connectivity index (χ4v) is 2.49. The maximum absolute atomic E-state index is 10.5. The van der Waals surface area contributed by atoms with Crippen molar-refractivity contribution < 1.29 is 4.79 Å². The Hall–Kier alpha value is 0.0400. The third-order valence-corrected chi connectivity index (χ3v) is 2.98. The van der Waals surface area contributed by atoms with Gasteiger partial charge in [-0.25, -0.2) is 0 Å². The Morgan fingerprint density at radius 3 is 3.10 bits per heavy atom. The van der Waals surface area contributed by atoms with Gasteiger partial charge in [0.15, 0.2) is 0 Å². The van der Waals surface area contributed by atoms with Crippen LogP contribution >= 0.6 is 27.7 Å². The number of thioether (sulfide) groups is 1. The van der Waals surface area contributed by atoms with Crippen LogP contribution in [-0.2, 0) is 4.79 Å². The second kappa shape index (κ2) is 3.44. The van der Waals surface area contributed by atoms with Gasteiger partial charge in [-0.1, -0.05) is 17.8 Å². The molecule has 0 saturated heterocycles. The fourth-order valence-electron chi connectivity index (χ4n) is 0.747. The van der Waals surface area contributed by atoms with E-state index in [4.69, 9.17) is 0 Å². The van der Waals surface area contributed by atoms with Crippen LogP contribution in [0.25, 0.3) is 0 Å². The average molecular weight is 222 g/mol. The van der Waals surface area contributed by atoms with Crippen LogP contribution in [0.15, 0.2) is 9.89 Å². The lowest BCUT2D eigenvalue weighted by molar-refractivity contribution is -0.119. The van der Waals surface area contributed by atoms with Gasteiger partial charge in [0, 0.05) is 10.7 Å². The topological polar surface area (TPSA) is 29.1 Å². The minimum atomic E-state index is 0.0353. The summed E-state index contributed by atoms with van der Waals surface area (Å²) in [5.74, 6) is 0.0353. The molecule has 1 amide bonds. The van der Waals surface area contributed by atoms with Crippen molar-refractivity contribution in [3.05, 3.63) is 9.89 Å². The molecule has 1 rings (SSSR count). The van der Waals surface area contributed by atoms with Gasteiger partial charge < -0.3 is 5.32 Å². The van der Waals surface area contributed by atoms with Crippen molar-refractivity contribution in [3.63, 3.8) is 0 Å². The third-order valence-electron chi connectivity index (χ3n) is 1.11. The van der Waals surface area contributed by atoms with Gasteiger partial charge in [-0.3, -0.25) is 4.79 Å². The normalized spacial score (nSPS) is 24.2. The molecule has 0 saturated carbocycles. The predicted octanol–water partition coefficient (Wildman–Crippen LogP) is 1.82. The van der Waals surface area contributed by atoms with Crippen LogP contribution in [0.4, 0.5) is 0 Å². The molecule has 4 heteroatoms. The number of carbonyl (C=O) groups excluding carboxylic acids is 1. The van der Waals surface area contributed by atoms with Crippen molar-refractivity contribution >= 4 is 33.6 Å². The standard InChI is InChI=1S/C6H8BrNOS/c1-4(9)8-6-3-2-5(7)10-6/h2,6H,3H2,1H3,(H,8,9)/t6-/m1/s1. The second-order valence-corrected chi connectivity index (χ2v) is 4.67. The Balaban J connectivity index is 2.29. The molecule has 0 fully saturated rings. The van der Waals surface area contributed by atoms with Crippen molar-refractivity contribution in [3.8, 4) is 0 Å². The van der Waals surface area contributed by atoms with E-state index in [0.717, 1.165) is 10.2 Å². The highest BCUT2D eigenvalue weighted by Crippen LogP contribution is 2.34. The Morgan fingerprint density at radius 2 is 2.70 bits per heavy atom. The van der Waals surface area contributed by atoms with E-state index >= 15 is 0 Å². The lowest BCUT2D eigenvalue weighted by Crippen LogP contribution is -2.28. The molecule has 1 aliphatic heterocycles. The molecule has 0 aromatic rings. The molecule has 0 aromatic carbocycles. The van der Waals surface area contributed by atoms with Crippen molar-refractivity contribution in [2.75, 3.05) is 0 Å². The van der Waals surface area contributed by atoms with Crippen LogP contribution in [0.5, 0.6) is 0 Å². The Kier molecular flexibility index (Phi) is 2.80. The van der Waals surface area contributed by atoms with Crippen LogP contribution < -0.4 is 5.32 Å². The summed E-state index contributed by atoms with van der Waals surface area (Å²) in [6, 6.07) is 0. The summed E-state index contributed by atoms with van der Waals surface area (Å²) < 4.78 is 1.12. The molecule has 2 nitrogen and oxygen atoms in total. The first kappa shape index (κ1) is 8.14. The fraction of sp³-hybridized carbons (Fsp3) is 0.500. The van der Waals surface area contributed by atoms with Gasteiger partial charge >= 0.3 is 0 Å². The lowest BCUT2D eigenvalue weighted by atomic mass is 10.4. The molecule has 0 radical (unpaired) electrons. The van der Waals surface area contributed by atoms with Crippen LogP contribution in [0.3, 0.4) is 0 Å². The zero-order chi connectivity index (χ0) is 7.56. The zero-order valence-electron chi connectivity index (χ0n) is 5.56. The van der Waals surface area contributed by atoms with Crippen molar-refractivity contribution in [1.82, 2.24) is 5.32 Å². The Morgan fingerprint density at radius 1 is 2.00 bits per heavy atom. The van der Waals surface area contributed by atoms with Crippen LogP contribution in [-0.4, -0.2) is 11.3 Å². The number of carbonyl (C=O) groups is 1. The van der Waals surface area contributed by atoms with Crippen LogP contribution in [0, 0.1) is 0 Å². The van der Waals surface area contributed by atoms with E-state index in [1.807, 2.05) is 0 Å². The quantitative estimate of drug-likeness (QED) is 0.733. The first-order valence-corrected chi connectivity index (χ1v) is 4.65. The number of hydrogen-bond donors (Lipinski definition) is 1. The van der Waals surface area contributed by atoms with E-state index in [2.05, 4.69) is 27.3 Å². The molecular weight excluding hydrogens is 214 g/mol. The summed E-state index contributed by atoms with van der Waals surface area (Å²) in [5, 5.41) is 3.06. The van der Waals surface area contributed by atoms with Crippen molar-refractivity contribution in [1.29, 1.82) is 0 Å². The molecule has 1 atom stereocenters. The van der Waals surface area contributed by atoms with Crippen LogP contribution in [0.1, 0.15) is 13.3 Å². The van der Waals surface area contributed by atoms with Gasteiger partial charge in [0.05, 0.1) is 5.37 Å². The molecule has 56 valence electrons. The summed E-state index contributed by atoms with van der Waals surface area (Å²) in [6.07, 6.45) is 2.98. The number of halogens is 1. The average Bonchev–Trinajstić information content (AvgIpc) is 2.13. The number of amides is 1. The molecule has 1 heterocycles. The van der Waals surface area contributed by atoms with Gasteiger partial charge in [-0.2, -0.15) is 0 Å². The van der Waals surface area contributed by atoms with Gasteiger partial charge in [0.2, 0.25) is 5.91 Å². The molecular formula is C6H8BrNOS. The van der Waals surface area contributed by atoms with Gasteiger partial charge in [0.25, 0.3) is 0 Å². The summed E-state index contributed by atoms with van der Waals surface area (Å²) in [6.45, 7) is 1.53. The van der Waals surface area contributed by atoms with E-state index in [0.29, 0.717) is 0 Å². The zero-order valence-corrected chi connectivity index (χ0v) is 7.96. The Labute approximate surface area is 72.6 Å². The van der Waals surface area contributed by atoms with E-state index in [9.17, 15) is 4.79 Å². The highest BCUT2D eigenvalue weighted by molar-refractivity contribution is 9.14. The molecule has 0 aromatic heterocycles. The van der Waals surface area contributed by atoms with Gasteiger partial charge in [0.1, 0.15) is 0 Å². The summed E-state index contributed by atoms with van der Waals surface area (Å²) in [4.78, 5) is 10.5. The highest BCUT2D eigenvalue weighted by atomic mass is 79.9. The maximum Gasteiger partial charge on any atom is 0.217 e. The molecule has 0 spiro atoms. The third kappa shape index (κ3) is 2.34. The smallest absolute Gasteiger partial charge is 0.217 e. The number of rotatable bonds is 1. The number of nitrogens with one attached hydrogen (secondary N) is 1. The molecule has 10 heavy (non-hydrogen) atoms. The van der Waals surface area contributed by atoms with E-state index in [1.165, 1.54) is 6.92 Å². The largest absolute Gasteiger partial charge is 0.344 e. The van der Waals surface area contributed by atoms with Gasteiger partial charge in [-0.15, -0.1) is 0 Å². The second-order valence-electron chi connectivity index (χ2n) is 2.05. The highest BCUT2D eigenvalue weighted by Gasteiger charge is 2.15. The number of hydrogen-bond acceptors (Lipinski definition) is 2. The molecule has 1 N–H and O–H groups in total. The lowest BCUT2D eigenvalue weighted by Gasteiger charge is -2.08. The minimum Gasteiger partial charge on any atom is -0.344 e. The summed E-state index contributed by atoms with van der Waals surface area (Å²) in [7, 11) is 0. The first-order valence-electron chi connectivity index (χ1n) is 2.98. The summed E-state index contributed by atoms with van der Waals surface area (Å²) in [5.41, 5.74) is 0. The predicted molar refractivity (Wildman–Crippen MR) is 46.8 cm³/mol. The summed E-state index contributed by atoms with van der Waals surface area (Å²) >= 11 is 4.98. The van der Waals surface area contributed by atoms with E-state index in [-0.39, 0.29) is 11.3 Å². The molecule has 0 unspecified atom stereocenters. The van der Waals surface area contributed by atoms with Crippen LogP contribution in [0.2, 0.25) is 0 Å². The molecule has 0 bridgehead atoms. The van der Waals surface area contributed by atoms with Crippen molar-refractivity contribution in [2.45, 2.75) is 18.7 Å².